The van der Waals surface area contributed by atoms with Crippen LogP contribution in [0.25, 0.3) is 0 Å². The molecule has 2 nitrogen and oxygen atoms in total. The Bertz CT molecular complexity index is 477. The zero-order valence-electron chi connectivity index (χ0n) is 8.24. The molecule has 1 aromatic carbocycles. The quantitative estimate of drug-likeness (QED) is 0.741. The summed E-state index contributed by atoms with van der Waals surface area (Å²) in [5.41, 5.74) is 1.68. The van der Waals surface area contributed by atoms with Gasteiger partial charge in [0.05, 0.1) is 6.54 Å². The molecular formula is C11H10F2N2. The van der Waals surface area contributed by atoms with Crippen LogP contribution in [0.5, 0.6) is 0 Å². The average Bonchev–Trinajstić information content (AvgIpc) is 2.59. The number of rotatable bonds is 2. The van der Waals surface area contributed by atoms with Crippen LogP contribution < -0.4 is 0 Å². The van der Waals surface area contributed by atoms with Crippen LogP contribution in [-0.2, 0) is 6.54 Å². The van der Waals surface area contributed by atoms with Crippen LogP contribution >= 0.6 is 0 Å². The lowest BCUT2D eigenvalue weighted by Gasteiger charge is -2.04. The second-order valence-electron chi connectivity index (χ2n) is 3.38. The van der Waals surface area contributed by atoms with E-state index in [1.54, 1.807) is 16.9 Å². The summed E-state index contributed by atoms with van der Waals surface area (Å²) in [5.74, 6) is -1.65. The van der Waals surface area contributed by atoms with Crippen LogP contribution in [0.15, 0.2) is 30.5 Å². The van der Waals surface area contributed by atoms with Crippen molar-refractivity contribution < 1.29 is 8.78 Å². The molecule has 0 aliphatic carbocycles. The third kappa shape index (κ3) is 2.03. The van der Waals surface area contributed by atoms with Crippen LogP contribution in [0.3, 0.4) is 0 Å². The van der Waals surface area contributed by atoms with Crippen molar-refractivity contribution in [1.29, 1.82) is 0 Å². The molecule has 0 bridgehead atoms. The number of halogens is 2. The average molecular weight is 208 g/mol. The highest BCUT2D eigenvalue weighted by molar-refractivity contribution is 5.18. The Hall–Kier alpha value is -1.71. The van der Waals surface area contributed by atoms with Crippen LogP contribution in [0.1, 0.15) is 11.3 Å². The van der Waals surface area contributed by atoms with E-state index in [-0.39, 0.29) is 0 Å². The number of hydrogen-bond donors (Lipinski definition) is 0. The van der Waals surface area contributed by atoms with Gasteiger partial charge in [-0.1, -0.05) is 6.07 Å². The highest BCUT2D eigenvalue weighted by Gasteiger charge is 2.04. The highest BCUT2D eigenvalue weighted by atomic mass is 19.2. The Morgan fingerprint density at radius 2 is 2.00 bits per heavy atom. The predicted octanol–water partition coefficient (Wildman–Crippen LogP) is 2.52. The summed E-state index contributed by atoms with van der Waals surface area (Å²) < 4.78 is 27.3. The topological polar surface area (TPSA) is 17.8 Å². The molecule has 4 heteroatoms. The lowest BCUT2D eigenvalue weighted by Crippen LogP contribution is -2.04. The number of benzene rings is 1. The summed E-state index contributed by atoms with van der Waals surface area (Å²) in [4.78, 5) is 0. The number of aryl methyl sites for hydroxylation is 1. The largest absolute Gasteiger partial charge is 0.265 e. The minimum Gasteiger partial charge on any atom is -0.265 e. The van der Waals surface area contributed by atoms with Gasteiger partial charge in [0, 0.05) is 11.9 Å². The molecule has 1 aromatic heterocycles. The molecule has 0 aliphatic rings. The van der Waals surface area contributed by atoms with E-state index in [1.807, 2.05) is 13.0 Å². The molecule has 0 saturated carbocycles. The van der Waals surface area contributed by atoms with Gasteiger partial charge in [-0.2, -0.15) is 5.10 Å². The molecule has 0 unspecified atom stereocenters. The second-order valence-corrected chi connectivity index (χ2v) is 3.38. The molecule has 0 N–H and O–H groups in total. The maximum absolute atomic E-state index is 12.9. The van der Waals surface area contributed by atoms with Gasteiger partial charge >= 0.3 is 0 Å². The van der Waals surface area contributed by atoms with E-state index in [4.69, 9.17) is 0 Å². The third-order valence-electron chi connectivity index (χ3n) is 2.25. The van der Waals surface area contributed by atoms with Crippen molar-refractivity contribution in [3.63, 3.8) is 0 Å². The zero-order chi connectivity index (χ0) is 10.8. The summed E-state index contributed by atoms with van der Waals surface area (Å²) in [5, 5.41) is 4.06. The standard InChI is InChI=1S/C11H10F2N2/c1-8-4-5-14-15(8)7-9-2-3-10(12)11(13)6-9/h2-6H,7H2,1H3. The minimum atomic E-state index is -0.823. The van der Waals surface area contributed by atoms with Gasteiger partial charge in [-0.05, 0) is 30.7 Å². The molecule has 0 radical (unpaired) electrons. The molecule has 0 fully saturated rings. The van der Waals surface area contributed by atoms with Gasteiger partial charge in [-0.25, -0.2) is 8.78 Å². The highest BCUT2D eigenvalue weighted by Crippen LogP contribution is 2.10. The maximum Gasteiger partial charge on any atom is 0.159 e. The lowest BCUT2D eigenvalue weighted by molar-refractivity contribution is 0.505. The first-order chi connectivity index (χ1) is 7.16. The summed E-state index contributed by atoms with van der Waals surface area (Å²) >= 11 is 0. The molecular weight excluding hydrogens is 198 g/mol. The number of nitrogens with zero attached hydrogens (tertiary/aromatic N) is 2. The summed E-state index contributed by atoms with van der Waals surface area (Å²) in [6, 6.07) is 5.74. The van der Waals surface area contributed by atoms with E-state index in [9.17, 15) is 8.78 Å². The molecule has 15 heavy (non-hydrogen) atoms. The van der Waals surface area contributed by atoms with Gasteiger partial charge < -0.3 is 0 Å². The van der Waals surface area contributed by atoms with Crippen molar-refractivity contribution >= 4 is 0 Å². The fraction of sp³-hybridized carbons (Fsp3) is 0.182. The molecule has 0 saturated heterocycles. The first-order valence-electron chi connectivity index (χ1n) is 4.59. The van der Waals surface area contributed by atoms with Crippen LogP contribution in [0.4, 0.5) is 8.78 Å². The SMILES string of the molecule is Cc1ccnn1Cc1ccc(F)c(F)c1. The Morgan fingerprint density at radius 1 is 1.20 bits per heavy atom. The van der Waals surface area contributed by atoms with Gasteiger partial charge in [0.25, 0.3) is 0 Å². The van der Waals surface area contributed by atoms with Crippen LogP contribution in [-0.4, -0.2) is 9.78 Å². The molecule has 0 amide bonds. The van der Waals surface area contributed by atoms with E-state index in [1.165, 1.54) is 6.07 Å². The lowest BCUT2D eigenvalue weighted by atomic mass is 10.2. The van der Waals surface area contributed by atoms with E-state index in [2.05, 4.69) is 5.10 Å². The van der Waals surface area contributed by atoms with Gasteiger partial charge in [-0.15, -0.1) is 0 Å². The van der Waals surface area contributed by atoms with Crippen molar-refractivity contribution in [3.8, 4) is 0 Å². The van der Waals surface area contributed by atoms with Crippen LogP contribution in [0.2, 0.25) is 0 Å². The molecule has 2 rings (SSSR count). The first-order valence-corrected chi connectivity index (χ1v) is 4.59. The predicted molar refractivity (Wildman–Crippen MR) is 52.4 cm³/mol. The summed E-state index contributed by atoms with van der Waals surface area (Å²) in [7, 11) is 0. The number of hydrogen-bond acceptors (Lipinski definition) is 1. The molecule has 0 aliphatic heterocycles. The van der Waals surface area contributed by atoms with Crippen molar-refractivity contribution in [2.45, 2.75) is 13.5 Å². The van der Waals surface area contributed by atoms with E-state index in [0.29, 0.717) is 12.1 Å². The van der Waals surface area contributed by atoms with E-state index >= 15 is 0 Å². The van der Waals surface area contributed by atoms with Crippen LogP contribution in [0, 0.1) is 18.6 Å². The van der Waals surface area contributed by atoms with Gasteiger partial charge in [-0.3, -0.25) is 4.68 Å². The Morgan fingerprint density at radius 3 is 2.60 bits per heavy atom. The molecule has 2 aromatic rings. The monoisotopic (exact) mass is 208 g/mol. The third-order valence-corrected chi connectivity index (χ3v) is 2.25. The Labute approximate surface area is 86.2 Å². The van der Waals surface area contributed by atoms with E-state index in [0.717, 1.165) is 11.8 Å². The molecule has 78 valence electrons. The smallest absolute Gasteiger partial charge is 0.159 e. The summed E-state index contributed by atoms with van der Waals surface area (Å²) in [6.07, 6.45) is 1.68. The molecule has 0 spiro atoms. The zero-order valence-corrected chi connectivity index (χ0v) is 8.24. The van der Waals surface area contributed by atoms with Crippen molar-refractivity contribution in [3.05, 3.63) is 53.4 Å². The second kappa shape index (κ2) is 3.81. The van der Waals surface area contributed by atoms with Gasteiger partial charge in [0.2, 0.25) is 0 Å². The summed E-state index contributed by atoms with van der Waals surface area (Å²) in [6.45, 7) is 2.36. The molecule has 1 heterocycles. The van der Waals surface area contributed by atoms with E-state index < -0.39 is 11.6 Å². The normalized spacial score (nSPS) is 10.6. The molecule has 0 atom stereocenters. The van der Waals surface area contributed by atoms with Gasteiger partial charge in [0.1, 0.15) is 0 Å². The minimum absolute atomic E-state index is 0.454. The fourth-order valence-electron chi connectivity index (χ4n) is 1.38. The van der Waals surface area contributed by atoms with Crippen molar-refractivity contribution in [2.75, 3.05) is 0 Å². The van der Waals surface area contributed by atoms with Gasteiger partial charge in [0.15, 0.2) is 11.6 Å². The Balaban J connectivity index is 2.25. The maximum atomic E-state index is 12.9. The Kier molecular flexibility index (Phi) is 2.49. The fourth-order valence-corrected chi connectivity index (χ4v) is 1.38. The number of aromatic nitrogens is 2. The van der Waals surface area contributed by atoms with Crippen molar-refractivity contribution in [2.24, 2.45) is 0 Å². The van der Waals surface area contributed by atoms with Crippen molar-refractivity contribution in [1.82, 2.24) is 9.78 Å². The first kappa shape index (κ1) is 9.83.